The Hall–Kier alpha value is -1.43. The van der Waals surface area contributed by atoms with E-state index in [1.807, 2.05) is 19.1 Å². The molecule has 1 aliphatic rings. The summed E-state index contributed by atoms with van der Waals surface area (Å²) >= 11 is 1.26. The maximum atomic E-state index is 11.7. The average molecular weight is 268 g/mol. The molecule has 0 bridgehead atoms. The van der Waals surface area contributed by atoms with Crippen molar-refractivity contribution >= 4 is 22.9 Å². The molecule has 2 rings (SSSR count). The second-order valence-electron chi connectivity index (χ2n) is 4.29. The number of nitrogens with one attached hydrogen (secondary N) is 1. The molecule has 1 unspecified atom stereocenters. The molecule has 18 heavy (non-hydrogen) atoms. The molecule has 1 saturated heterocycles. The van der Waals surface area contributed by atoms with Crippen LogP contribution in [0.15, 0.2) is 22.8 Å². The van der Waals surface area contributed by atoms with Crippen molar-refractivity contribution in [1.82, 2.24) is 10.2 Å². The molecule has 5 nitrogen and oxygen atoms in total. The summed E-state index contributed by atoms with van der Waals surface area (Å²) in [5, 5.41) is 2.85. The van der Waals surface area contributed by atoms with Crippen LogP contribution in [0.25, 0.3) is 0 Å². The van der Waals surface area contributed by atoms with E-state index in [-0.39, 0.29) is 23.7 Å². The van der Waals surface area contributed by atoms with Crippen LogP contribution >= 0.6 is 11.8 Å². The predicted octanol–water partition coefficient (Wildman–Crippen LogP) is 1.50. The van der Waals surface area contributed by atoms with Crippen molar-refractivity contribution in [1.29, 1.82) is 0 Å². The summed E-state index contributed by atoms with van der Waals surface area (Å²) in [6.45, 7) is 2.72. The smallest absolute Gasteiger partial charge is 0.282 e. The molecule has 1 aliphatic heterocycles. The quantitative estimate of drug-likeness (QED) is 0.879. The predicted molar refractivity (Wildman–Crippen MR) is 69.4 cm³/mol. The van der Waals surface area contributed by atoms with Gasteiger partial charge >= 0.3 is 0 Å². The number of furan rings is 1. The molecule has 2 heterocycles. The summed E-state index contributed by atoms with van der Waals surface area (Å²) in [7, 11) is 0. The molecule has 0 aromatic carbocycles. The highest BCUT2D eigenvalue weighted by atomic mass is 32.2. The zero-order chi connectivity index (χ0) is 13.0. The highest BCUT2D eigenvalue weighted by Crippen LogP contribution is 2.16. The maximum Gasteiger partial charge on any atom is 0.282 e. The summed E-state index contributed by atoms with van der Waals surface area (Å²) in [5.41, 5.74) is 0. The van der Waals surface area contributed by atoms with Crippen LogP contribution in [0.5, 0.6) is 0 Å². The first kappa shape index (κ1) is 13.0. The zero-order valence-electron chi connectivity index (χ0n) is 10.2. The van der Waals surface area contributed by atoms with Gasteiger partial charge in [-0.25, -0.2) is 0 Å². The molecule has 1 atom stereocenters. The first-order valence-corrected chi connectivity index (χ1v) is 6.87. The molecule has 6 heteroatoms. The van der Waals surface area contributed by atoms with Crippen LogP contribution < -0.4 is 5.32 Å². The van der Waals surface area contributed by atoms with E-state index in [2.05, 4.69) is 5.32 Å². The van der Waals surface area contributed by atoms with Gasteiger partial charge in [0.15, 0.2) is 0 Å². The van der Waals surface area contributed by atoms with Gasteiger partial charge in [0.2, 0.25) is 5.91 Å². The van der Waals surface area contributed by atoms with E-state index in [0.29, 0.717) is 13.0 Å². The third-order valence-electron chi connectivity index (χ3n) is 2.67. The Bertz CT molecular complexity index is 419. The topological polar surface area (TPSA) is 62.6 Å². The van der Waals surface area contributed by atoms with Gasteiger partial charge in [-0.2, -0.15) is 0 Å². The Morgan fingerprint density at radius 3 is 3.11 bits per heavy atom. The molecule has 0 spiro atoms. The Kier molecular flexibility index (Phi) is 4.30. The highest BCUT2D eigenvalue weighted by Gasteiger charge is 2.23. The van der Waals surface area contributed by atoms with Crippen molar-refractivity contribution in [2.75, 3.05) is 18.8 Å². The first-order chi connectivity index (χ1) is 8.65. The van der Waals surface area contributed by atoms with Crippen LogP contribution in [0, 0.1) is 0 Å². The fourth-order valence-corrected chi connectivity index (χ4v) is 2.67. The summed E-state index contributed by atoms with van der Waals surface area (Å²) in [4.78, 5) is 24.7. The van der Waals surface area contributed by atoms with Crippen LogP contribution in [0.2, 0.25) is 0 Å². The van der Waals surface area contributed by atoms with Crippen LogP contribution in [-0.4, -0.2) is 40.9 Å². The third kappa shape index (κ3) is 3.53. The minimum atomic E-state index is -0.120. The van der Waals surface area contributed by atoms with Gasteiger partial charge < -0.3 is 14.6 Å². The van der Waals surface area contributed by atoms with E-state index < -0.39 is 0 Å². The normalized spacial score (nSPS) is 16.9. The van der Waals surface area contributed by atoms with Gasteiger partial charge in [0.1, 0.15) is 12.3 Å². The number of hydrogen-bond donors (Lipinski definition) is 1. The minimum absolute atomic E-state index is 0.00555. The lowest BCUT2D eigenvalue weighted by atomic mass is 10.2. The van der Waals surface area contributed by atoms with Gasteiger partial charge in [0, 0.05) is 24.8 Å². The number of carbonyl (C=O) groups excluding carboxylic acids is 2. The molecule has 1 fully saturated rings. The molecule has 1 aromatic heterocycles. The van der Waals surface area contributed by atoms with Crippen LogP contribution in [-0.2, 0) is 11.2 Å². The standard InChI is InChI=1S/C12H16N2O3S/c1-9(7-10-3-2-5-17-10)13-11(15)8-14-4-6-18-12(14)16/h2-3,5,9H,4,6-8H2,1H3,(H,13,15). The van der Waals surface area contributed by atoms with Gasteiger partial charge in [-0.3, -0.25) is 9.59 Å². The fourth-order valence-electron chi connectivity index (χ4n) is 1.84. The minimum Gasteiger partial charge on any atom is -0.469 e. The summed E-state index contributed by atoms with van der Waals surface area (Å²) < 4.78 is 5.22. The molecular formula is C12H16N2O3S. The van der Waals surface area contributed by atoms with Crippen LogP contribution in [0.4, 0.5) is 4.79 Å². The maximum absolute atomic E-state index is 11.7. The van der Waals surface area contributed by atoms with Gasteiger partial charge in [-0.05, 0) is 19.1 Å². The lowest BCUT2D eigenvalue weighted by Gasteiger charge is -2.17. The Labute approximate surface area is 110 Å². The second kappa shape index (κ2) is 5.95. The van der Waals surface area contributed by atoms with E-state index >= 15 is 0 Å². The van der Waals surface area contributed by atoms with Crippen molar-refractivity contribution < 1.29 is 14.0 Å². The van der Waals surface area contributed by atoms with Crippen molar-refractivity contribution in [2.45, 2.75) is 19.4 Å². The van der Waals surface area contributed by atoms with Gasteiger partial charge in [0.25, 0.3) is 5.24 Å². The second-order valence-corrected chi connectivity index (χ2v) is 5.33. The zero-order valence-corrected chi connectivity index (χ0v) is 11.0. The summed E-state index contributed by atoms with van der Waals surface area (Å²) in [6.07, 6.45) is 2.27. The van der Waals surface area contributed by atoms with Gasteiger partial charge in [-0.15, -0.1) is 0 Å². The Morgan fingerprint density at radius 2 is 2.50 bits per heavy atom. The van der Waals surface area contributed by atoms with Crippen LogP contribution in [0.1, 0.15) is 12.7 Å². The molecule has 98 valence electrons. The van der Waals surface area contributed by atoms with Crippen molar-refractivity contribution in [2.24, 2.45) is 0 Å². The Morgan fingerprint density at radius 1 is 1.67 bits per heavy atom. The molecule has 1 aromatic rings. The Balaban J connectivity index is 1.75. The fraction of sp³-hybridized carbons (Fsp3) is 0.500. The SMILES string of the molecule is CC(Cc1ccco1)NC(=O)CN1CCSC1=O. The largest absolute Gasteiger partial charge is 0.469 e. The first-order valence-electron chi connectivity index (χ1n) is 5.88. The number of nitrogens with zero attached hydrogens (tertiary/aromatic N) is 1. The molecule has 0 radical (unpaired) electrons. The number of hydrogen-bond acceptors (Lipinski definition) is 4. The number of rotatable bonds is 5. The summed E-state index contributed by atoms with van der Waals surface area (Å²) in [6, 6.07) is 3.70. The molecule has 2 amide bonds. The van der Waals surface area contributed by atoms with E-state index in [4.69, 9.17) is 4.42 Å². The van der Waals surface area contributed by atoms with E-state index in [0.717, 1.165) is 11.5 Å². The molecule has 0 saturated carbocycles. The number of carbonyl (C=O) groups is 2. The number of thioether (sulfide) groups is 1. The van der Waals surface area contributed by atoms with Crippen LogP contribution in [0.3, 0.4) is 0 Å². The van der Waals surface area contributed by atoms with Crippen molar-refractivity contribution in [3.05, 3.63) is 24.2 Å². The van der Waals surface area contributed by atoms with E-state index in [1.54, 1.807) is 11.2 Å². The van der Waals surface area contributed by atoms with E-state index in [9.17, 15) is 9.59 Å². The van der Waals surface area contributed by atoms with E-state index in [1.165, 1.54) is 11.8 Å². The van der Waals surface area contributed by atoms with Gasteiger partial charge in [-0.1, -0.05) is 11.8 Å². The average Bonchev–Trinajstić information content (AvgIpc) is 2.91. The molecular weight excluding hydrogens is 252 g/mol. The summed E-state index contributed by atoms with van der Waals surface area (Å²) in [5.74, 6) is 1.49. The molecule has 1 N–H and O–H groups in total. The molecule has 0 aliphatic carbocycles. The lowest BCUT2D eigenvalue weighted by Crippen LogP contribution is -2.41. The van der Waals surface area contributed by atoms with Gasteiger partial charge in [0.05, 0.1) is 6.26 Å². The van der Waals surface area contributed by atoms with Crippen molar-refractivity contribution in [3.63, 3.8) is 0 Å². The monoisotopic (exact) mass is 268 g/mol. The number of amides is 2. The highest BCUT2D eigenvalue weighted by molar-refractivity contribution is 8.13. The third-order valence-corrected chi connectivity index (χ3v) is 3.57. The van der Waals surface area contributed by atoms with Crippen molar-refractivity contribution in [3.8, 4) is 0 Å². The lowest BCUT2D eigenvalue weighted by molar-refractivity contribution is -0.122.